The summed E-state index contributed by atoms with van der Waals surface area (Å²) in [6.07, 6.45) is 2.54. The fourth-order valence-corrected chi connectivity index (χ4v) is 2.36. The highest BCUT2D eigenvalue weighted by atomic mass is 19.3. The van der Waals surface area contributed by atoms with E-state index in [0.29, 0.717) is 12.5 Å². The van der Waals surface area contributed by atoms with Gasteiger partial charge < -0.3 is 11.1 Å². The molecule has 3 nitrogen and oxygen atoms in total. The maximum Gasteiger partial charge on any atom is 0.248 e. The average molecular weight is 246 g/mol. The van der Waals surface area contributed by atoms with Gasteiger partial charge in [-0.1, -0.05) is 0 Å². The van der Waals surface area contributed by atoms with Crippen LogP contribution in [0.15, 0.2) is 0 Å². The number of alkyl halides is 2. The first-order valence-electron chi connectivity index (χ1n) is 6.39. The highest BCUT2D eigenvalue weighted by molar-refractivity contribution is 5.78. The van der Waals surface area contributed by atoms with E-state index in [0.717, 1.165) is 12.8 Å². The largest absolute Gasteiger partial charge is 0.354 e. The van der Waals surface area contributed by atoms with Gasteiger partial charge in [0, 0.05) is 31.3 Å². The lowest BCUT2D eigenvalue weighted by atomic mass is 9.86. The van der Waals surface area contributed by atoms with Crippen molar-refractivity contribution in [3.05, 3.63) is 0 Å². The summed E-state index contributed by atoms with van der Waals surface area (Å²) in [5, 5.41) is 2.79. The van der Waals surface area contributed by atoms with Crippen LogP contribution in [0, 0.1) is 11.8 Å². The molecule has 17 heavy (non-hydrogen) atoms. The molecule has 2 fully saturated rings. The first kappa shape index (κ1) is 12.7. The number of nitrogens with two attached hydrogens (primary N) is 1. The molecule has 2 saturated carbocycles. The van der Waals surface area contributed by atoms with Gasteiger partial charge in [0.05, 0.1) is 0 Å². The number of hydrogen-bond acceptors (Lipinski definition) is 2. The SMILES string of the molecule is NC(CNC(=O)C1CCC(F)(F)CC1)C1CC1. The van der Waals surface area contributed by atoms with Crippen LogP contribution in [0.25, 0.3) is 0 Å². The highest BCUT2D eigenvalue weighted by Crippen LogP contribution is 2.36. The van der Waals surface area contributed by atoms with Crippen molar-refractivity contribution < 1.29 is 13.6 Å². The minimum absolute atomic E-state index is 0.0315. The van der Waals surface area contributed by atoms with Crippen LogP contribution in [0.2, 0.25) is 0 Å². The molecule has 0 aliphatic heterocycles. The number of nitrogens with one attached hydrogen (secondary N) is 1. The van der Waals surface area contributed by atoms with Crippen LogP contribution in [0.4, 0.5) is 8.78 Å². The molecule has 5 heteroatoms. The van der Waals surface area contributed by atoms with E-state index in [-0.39, 0.29) is 43.6 Å². The molecule has 2 rings (SSSR count). The Morgan fingerprint density at radius 3 is 2.41 bits per heavy atom. The summed E-state index contributed by atoms with van der Waals surface area (Å²) < 4.78 is 25.8. The number of hydrogen-bond donors (Lipinski definition) is 2. The van der Waals surface area contributed by atoms with E-state index in [9.17, 15) is 13.6 Å². The predicted octanol–water partition coefficient (Wildman–Crippen LogP) is 1.67. The molecule has 2 aliphatic rings. The monoisotopic (exact) mass is 246 g/mol. The Balaban J connectivity index is 1.69. The maximum atomic E-state index is 12.9. The van der Waals surface area contributed by atoms with E-state index in [1.165, 1.54) is 0 Å². The predicted molar refractivity (Wildman–Crippen MR) is 60.6 cm³/mol. The molecule has 1 amide bonds. The van der Waals surface area contributed by atoms with E-state index in [4.69, 9.17) is 5.73 Å². The summed E-state index contributed by atoms with van der Waals surface area (Å²) in [6, 6.07) is 0.0315. The van der Waals surface area contributed by atoms with E-state index in [1.54, 1.807) is 0 Å². The Labute approximate surface area is 100 Å². The maximum absolute atomic E-state index is 12.9. The minimum Gasteiger partial charge on any atom is -0.354 e. The zero-order valence-corrected chi connectivity index (χ0v) is 9.92. The van der Waals surface area contributed by atoms with Crippen molar-refractivity contribution in [1.29, 1.82) is 0 Å². The lowest BCUT2D eigenvalue weighted by Crippen LogP contribution is -2.42. The van der Waals surface area contributed by atoms with Crippen LogP contribution in [0.1, 0.15) is 38.5 Å². The van der Waals surface area contributed by atoms with Crippen LogP contribution in [-0.2, 0) is 4.79 Å². The first-order chi connectivity index (χ1) is 7.98. The third-order valence-electron chi connectivity index (χ3n) is 3.83. The van der Waals surface area contributed by atoms with E-state index < -0.39 is 5.92 Å². The number of carbonyl (C=O) groups is 1. The van der Waals surface area contributed by atoms with Gasteiger partial charge in [-0.25, -0.2) is 8.78 Å². The second-order valence-electron chi connectivity index (χ2n) is 5.38. The van der Waals surface area contributed by atoms with Crippen molar-refractivity contribution in [3.63, 3.8) is 0 Å². The standard InChI is InChI=1S/C12H20F2N2O/c13-12(14)5-3-9(4-6-12)11(17)16-7-10(15)8-1-2-8/h8-10H,1-7,15H2,(H,16,17). The summed E-state index contributed by atoms with van der Waals surface area (Å²) in [5.41, 5.74) is 5.87. The highest BCUT2D eigenvalue weighted by Gasteiger charge is 2.37. The third kappa shape index (κ3) is 3.63. The van der Waals surface area contributed by atoms with Gasteiger partial charge >= 0.3 is 0 Å². The molecule has 0 bridgehead atoms. The molecule has 1 atom stereocenters. The number of carbonyl (C=O) groups excluding carboxylic acids is 1. The van der Waals surface area contributed by atoms with Crippen LogP contribution < -0.4 is 11.1 Å². The summed E-state index contributed by atoms with van der Waals surface area (Å²) in [5.74, 6) is -2.37. The number of rotatable bonds is 4. The van der Waals surface area contributed by atoms with E-state index in [1.807, 2.05) is 0 Å². The van der Waals surface area contributed by atoms with Crippen molar-refractivity contribution in [2.75, 3.05) is 6.54 Å². The Morgan fingerprint density at radius 2 is 1.88 bits per heavy atom. The molecule has 0 radical (unpaired) electrons. The molecule has 0 aromatic carbocycles. The average Bonchev–Trinajstić information content (AvgIpc) is 3.09. The Kier molecular flexibility index (Phi) is 3.66. The zero-order chi connectivity index (χ0) is 12.5. The van der Waals surface area contributed by atoms with Crippen molar-refractivity contribution in [2.45, 2.75) is 50.5 Å². The van der Waals surface area contributed by atoms with Crippen molar-refractivity contribution in [1.82, 2.24) is 5.32 Å². The van der Waals surface area contributed by atoms with Crippen molar-refractivity contribution in [2.24, 2.45) is 17.6 Å². The fourth-order valence-electron chi connectivity index (χ4n) is 2.36. The second kappa shape index (κ2) is 4.88. The fraction of sp³-hybridized carbons (Fsp3) is 0.917. The van der Waals surface area contributed by atoms with Gasteiger partial charge in [-0.15, -0.1) is 0 Å². The van der Waals surface area contributed by atoms with Gasteiger partial charge in [0.25, 0.3) is 0 Å². The Hall–Kier alpha value is -0.710. The molecule has 0 heterocycles. The Morgan fingerprint density at radius 1 is 1.29 bits per heavy atom. The van der Waals surface area contributed by atoms with Crippen LogP contribution in [0.3, 0.4) is 0 Å². The van der Waals surface area contributed by atoms with E-state index in [2.05, 4.69) is 5.32 Å². The van der Waals surface area contributed by atoms with Gasteiger partial charge in [-0.05, 0) is 31.6 Å². The minimum atomic E-state index is -2.57. The van der Waals surface area contributed by atoms with Crippen LogP contribution in [0.5, 0.6) is 0 Å². The molecule has 0 aromatic heterocycles. The molecule has 2 aliphatic carbocycles. The van der Waals surface area contributed by atoms with Gasteiger partial charge in [0.15, 0.2) is 0 Å². The third-order valence-corrected chi connectivity index (χ3v) is 3.83. The Bertz CT molecular complexity index is 282. The first-order valence-corrected chi connectivity index (χ1v) is 6.39. The molecular formula is C12H20F2N2O. The number of halogens is 2. The van der Waals surface area contributed by atoms with Gasteiger partial charge in [0.2, 0.25) is 11.8 Å². The normalized spacial score (nSPS) is 26.5. The summed E-state index contributed by atoms with van der Waals surface area (Å²) in [7, 11) is 0. The van der Waals surface area contributed by atoms with Crippen molar-refractivity contribution >= 4 is 5.91 Å². The van der Waals surface area contributed by atoms with Crippen molar-refractivity contribution in [3.8, 4) is 0 Å². The summed E-state index contributed by atoms with van der Waals surface area (Å²) in [6.45, 7) is 0.483. The zero-order valence-electron chi connectivity index (χ0n) is 9.92. The van der Waals surface area contributed by atoms with Gasteiger partial charge in [-0.3, -0.25) is 4.79 Å². The molecule has 0 spiro atoms. The second-order valence-corrected chi connectivity index (χ2v) is 5.38. The van der Waals surface area contributed by atoms with Gasteiger partial charge in [0.1, 0.15) is 0 Å². The quantitative estimate of drug-likeness (QED) is 0.792. The van der Waals surface area contributed by atoms with Crippen LogP contribution >= 0.6 is 0 Å². The molecule has 3 N–H and O–H groups in total. The smallest absolute Gasteiger partial charge is 0.248 e. The number of amides is 1. The summed E-state index contributed by atoms with van der Waals surface area (Å²) in [4.78, 5) is 11.7. The topological polar surface area (TPSA) is 55.1 Å². The summed E-state index contributed by atoms with van der Waals surface area (Å²) >= 11 is 0. The molecule has 98 valence electrons. The molecule has 0 aromatic rings. The van der Waals surface area contributed by atoms with Gasteiger partial charge in [-0.2, -0.15) is 0 Å². The molecule has 0 saturated heterocycles. The lowest BCUT2D eigenvalue weighted by Gasteiger charge is -2.27. The lowest BCUT2D eigenvalue weighted by molar-refractivity contribution is -0.129. The molecular weight excluding hydrogens is 226 g/mol. The van der Waals surface area contributed by atoms with E-state index >= 15 is 0 Å². The van der Waals surface area contributed by atoms with Crippen LogP contribution in [-0.4, -0.2) is 24.4 Å². The molecule has 1 unspecified atom stereocenters.